The first-order valence-corrected chi connectivity index (χ1v) is 8.68. The lowest BCUT2D eigenvalue weighted by atomic mass is 10.0. The molecule has 0 unspecified atom stereocenters. The molecule has 0 spiro atoms. The molecule has 8 nitrogen and oxygen atoms in total. The fourth-order valence-electron chi connectivity index (χ4n) is 3.03. The molecule has 4 rings (SSSR count). The van der Waals surface area contributed by atoms with Crippen LogP contribution in [0.5, 0.6) is 0 Å². The Morgan fingerprint density at radius 3 is 2.96 bits per heavy atom. The lowest BCUT2D eigenvalue weighted by Gasteiger charge is -2.13. The standard InChI is InChI=1S/C20H17N5O3/c1-25-11-9-20(28,19(25)27)8-6-13-7-10-21-16(12-13)22-18(26)17-14-4-2-3-5-15(14)23-24-17/h2-5,7,10,12,28H,9,11H2,1H3,(H,23,24)(H,21,22,26)/t20-/m0/s1. The number of likely N-dealkylation sites (tertiary alicyclic amines) is 1. The minimum Gasteiger partial charge on any atom is -0.369 e. The molecule has 0 saturated carbocycles. The lowest BCUT2D eigenvalue weighted by molar-refractivity contribution is -0.137. The summed E-state index contributed by atoms with van der Waals surface area (Å²) in [6.45, 7) is 0.458. The number of H-pyrrole nitrogens is 1. The summed E-state index contributed by atoms with van der Waals surface area (Å²) in [5.74, 6) is 4.92. The summed E-state index contributed by atoms with van der Waals surface area (Å²) in [6, 6.07) is 10.5. The highest BCUT2D eigenvalue weighted by Crippen LogP contribution is 2.21. The van der Waals surface area contributed by atoms with E-state index < -0.39 is 17.4 Å². The fourth-order valence-corrected chi connectivity index (χ4v) is 3.03. The molecule has 1 fully saturated rings. The molecule has 1 aromatic carbocycles. The number of benzene rings is 1. The van der Waals surface area contributed by atoms with E-state index in [-0.39, 0.29) is 12.1 Å². The van der Waals surface area contributed by atoms with Gasteiger partial charge in [0.15, 0.2) is 5.69 Å². The second-order valence-corrected chi connectivity index (χ2v) is 6.59. The Bertz CT molecular complexity index is 1140. The van der Waals surface area contributed by atoms with Crippen LogP contribution in [-0.2, 0) is 4.79 Å². The first-order valence-electron chi connectivity index (χ1n) is 8.68. The van der Waals surface area contributed by atoms with Crippen LogP contribution in [0.25, 0.3) is 10.9 Å². The molecule has 3 heterocycles. The lowest BCUT2D eigenvalue weighted by Crippen LogP contribution is -2.37. The Labute approximate surface area is 160 Å². The number of nitrogens with zero attached hydrogens (tertiary/aromatic N) is 3. The van der Waals surface area contributed by atoms with Crippen LogP contribution in [-0.4, -0.2) is 56.2 Å². The number of likely N-dealkylation sites (N-methyl/N-ethyl adjacent to an activating group) is 1. The van der Waals surface area contributed by atoms with E-state index >= 15 is 0 Å². The maximum atomic E-state index is 12.5. The van der Waals surface area contributed by atoms with Crippen molar-refractivity contribution in [1.82, 2.24) is 20.1 Å². The van der Waals surface area contributed by atoms with Gasteiger partial charge >= 0.3 is 0 Å². The zero-order valence-corrected chi connectivity index (χ0v) is 15.1. The highest BCUT2D eigenvalue weighted by Gasteiger charge is 2.42. The van der Waals surface area contributed by atoms with Crippen LogP contribution in [0.15, 0.2) is 42.6 Å². The molecule has 140 valence electrons. The molecule has 1 aliphatic rings. The first kappa shape index (κ1) is 17.7. The molecule has 1 saturated heterocycles. The van der Waals surface area contributed by atoms with Gasteiger partial charge in [-0.2, -0.15) is 5.10 Å². The van der Waals surface area contributed by atoms with E-state index in [9.17, 15) is 14.7 Å². The van der Waals surface area contributed by atoms with E-state index in [2.05, 4.69) is 32.3 Å². The molecule has 1 aliphatic heterocycles. The zero-order valence-electron chi connectivity index (χ0n) is 15.1. The number of hydrogen-bond acceptors (Lipinski definition) is 5. The predicted molar refractivity (Wildman–Crippen MR) is 102 cm³/mol. The smallest absolute Gasteiger partial charge is 0.277 e. The zero-order chi connectivity index (χ0) is 19.7. The third-order valence-corrected chi connectivity index (χ3v) is 4.61. The number of aromatic amines is 1. The number of hydrogen-bond donors (Lipinski definition) is 3. The number of amides is 2. The van der Waals surface area contributed by atoms with Gasteiger partial charge in [-0.25, -0.2) is 4.98 Å². The van der Waals surface area contributed by atoms with Crippen LogP contribution >= 0.6 is 0 Å². The van der Waals surface area contributed by atoms with Crippen LogP contribution in [0.4, 0.5) is 5.82 Å². The van der Waals surface area contributed by atoms with Gasteiger partial charge in [0, 0.05) is 37.2 Å². The van der Waals surface area contributed by atoms with Gasteiger partial charge in [-0.1, -0.05) is 30.0 Å². The van der Waals surface area contributed by atoms with Gasteiger partial charge in [0.1, 0.15) is 5.82 Å². The number of anilines is 1. The van der Waals surface area contributed by atoms with Crippen LogP contribution in [0, 0.1) is 11.8 Å². The molecule has 0 radical (unpaired) electrons. The van der Waals surface area contributed by atoms with Crippen LogP contribution in [0.1, 0.15) is 22.5 Å². The number of carbonyl (C=O) groups is 2. The summed E-state index contributed by atoms with van der Waals surface area (Å²) < 4.78 is 0. The van der Waals surface area contributed by atoms with Crippen LogP contribution in [0.3, 0.4) is 0 Å². The van der Waals surface area contributed by atoms with Gasteiger partial charge in [0.05, 0.1) is 5.52 Å². The van der Waals surface area contributed by atoms with Crippen molar-refractivity contribution in [3.05, 3.63) is 53.9 Å². The van der Waals surface area contributed by atoms with Gasteiger partial charge in [0.2, 0.25) is 5.60 Å². The van der Waals surface area contributed by atoms with E-state index in [0.717, 1.165) is 5.52 Å². The molecule has 2 aromatic heterocycles. The molecule has 28 heavy (non-hydrogen) atoms. The number of aromatic nitrogens is 3. The molecule has 0 aliphatic carbocycles. The van der Waals surface area contributed by atoms with E-state index in [4.69, 9.17) is 0 Å². The Morgan fingerprint density at radius 1 is 1.36 bits per heavy atom. The van der Waals surface area contributed by atoms with Crippen LogP contribution < -0.4 is 5.32 Å². The minimum absolute atomic E-state index is 0.260. The highest BCUT2D eigenvalue weighted by molar-refractivity contribution is 6.10. The van der Waals surface area contributed by atoms with Crippen molar-refractivity contribution >= 4 is 28.5 Å². The quantitative estimate of drug-likeness (QED) is 0.582. The topological polar surface area (TPSA) is 111 Å². The maximum Gasteiger partial charge on any atom is 0.277 e. The summed E-state index contributed by atoms with van der Waals surface area (Å²) in [6.07, 6.45) is 1.76. The molecular weight excluding hydrogens is 358 g/mol. The predicted octanol–water partition coefficient (Wildman–Crippen LogP) is 1.15. The molecule has 2 amide bonds. The van der Waals surface area contributed by atoms with Gasteiger partial charge in [0.25, 0.3) is 11.8 Å². The largest absolute Gasteiger partial charge is 0.369 e. The van der Waals surface area contributed by atoms with Crippen molar-refractivity contribution in [2.24, 2.45) is 0 Å². The second-order valence-electron chi connectivity index (χ2n) is 6.59. The second kappa shape index (κ2) is 6.79. The number of rotatable bonds is 2. The third kappa shape index (κ3) is 3.19. The SMILES string of the molecule is CN1CC[C@@](O)(C#Cc2ccnc(NC(=O)c3n[nH]c4ccccc34)c2)C1=O. The number of nitrogens with one attached hydrogen (secondary N) is 2. The number of carbonyl (C=O) groups excluding carboxylic acids is 2. The monoisotopic (exact) mass is 375 g/mol. The average molecular weight is 375 g/mol. The number of pyridine rings is 1. The normalized spacial score (nSPS) is 18.8. The Balaban J connectivity index is 1.54. The van der Waals surface area contributed by atoms with Gasteiger partial charge in [-0.05, 0) is 18.2 Å². The van der Waals surface area contributed by atoms with E-state index in [1.807, 2.05) is 18.2 Å². The number of para-hydroxylation sites is 1. The first-order chi connectivity index (χ1) is 13.5. The summed E-state index contributed by atoms with van der Waals surface area (Å²) in [5.41, 5.74) is -0.120. The van der Waals surface area contributed by atoms with E-state index in [1.165, 1.54) is 11.1 Å². The number of fused-ring (bicyclic) bond motifs is 1. The van der Waals surface area contributed by atoms with Crippen molar-refractivity contribution in [3.63, 3.8) is 0 Å². The van der Waals surface area contributed by atoms with Crippen LogP contribution in [0.2, 0.25) is 0 Å². The van der Waals surface area contributed by atoms with Crippen molar-refractivity contribution in [2.45, 2.75) is 12.0 Å². The van der Waals surface area contributed by atoms with Crippen molar-refractivity contribution in [3.8, 4) is 11.8 Å². The fraction of sp³-hybridized carbons (Fsp3) is 0.200. The average Bonchev–Trinajstić information content (AvgIpc) is 3.24. The Kier molecular flexibility index (Phi) is 4.29. The molecule has 8 heteroatoms. The molecule has 1 atom stereocenters. The van der Waals surface area contributed by atoms with Crippen molar-refractivity contribution in [1.29, 1.82) is 0 Å². The Hall–Kier alpha value is -3.70. The maximum absolute atomic E-state index is 12.5. The van der Waals surface area contributed by atoms with Gasteiger partial charge in [-0.3, -0.25) is 14.7 Å². The molecule has 3 aromatic rings. The number of aliphatic hydroxyl groups is 1. The Morgan fingerprint density at radius 2 is 2.18 bits per heavy atom. The van der Waals surface area contributed by atoms with E-state index in [0.29, 0.717) is 23.3 Å². The molecular formula is C20H17N5O3. The minimum atomic E-state index is -1.67. The third-order valence-electron chi connectivity index (χ3n) is 4.61. The van der Waals surface area contributed by atoms with Gasteiger partial charge < -0.3 is 15.3 Å². The summed E-state index contributed by atoms with van der Waals surface area (Å²) >= 11 is 0. The van der Waals surface area contributed by atoms with E-state index in [1.54, 1.807) is 25.2 Å². The summed E-state index contributed by atoms with van der Waals surface area (Å²) in [4.78, 5) is 30.1. The van der Waals surface area contributed by atoms with Gasteiger partial charge in [-0.15, -0.1) is 0 Å². The highest BCUT2D eigenvalue weighted by atomic mass is 16.3. The van der Waals surface area contributed by atoms with Crippen molar-refractivity contribution < 1.29 is 14.7 Å². The molecule has 3 N–H and O–H groups in total. The van der Waals surface area contributed by atoms with Crippen molar-refractivity contribution in [2.75, 3.05) is 18.9 Å². The molecule has 0 bridgehead atoms. The summed E-state index contributed by atoms with van der Waals surface area (Å²) in [7, 11) is 1.63. The summed E-state index contributed by atoms with van der Waals surface area (Å²) in [5, 5.41) is 20.6.